The molecule has 0 aromatic carbocycles. The van der Waals surface area contributed by atoms with Gasteiger partial charge in [-0.15, -0.1) is 0 Å². The van der Waals surface area contributed by atoms with Crippen LogP contribution in [0.1, 0.15) is 50.8 Å². The van der Waals surface area contributed by atoms with Crippen LogP contribution >= 0.6 is 11.7 Å². The first-order valence-electron chi connectivity index (χ1n) is 10.1. The number of aryl methyl sites for hydroxylation is 2. The topological polar surface area (TPSA) is 115 Å². The molecule has 0 bridgehead atoms. The second-order valence-corrected chi connectivity index (χ2v) is 9.05. The molecule has 2 aliphatic heterocycles. The fourth-order valence-electron chi connectivity index (χ4n) is 5.10. The van der Waals surface area contributed by atoms with Crippen molar-refractivity contribution in [3.63, 3.8) is 0 Å². The molecule has 10 heteroatoms. The normalized spacial score (nSPS) is 25.9. The van der Waals surface area contributed by atoms with E-state index < -0.39 is 5.41 Å². The van der Waals surface area contributed by atoms with Crippen molar-refractivity contribution in [2.24, 2.45) is 11.3 Å². The number of amides is 2. The van der Waals surface area contributed by atoms with Gasteiger partial charge in [-0.2, -0.15) is 13.8 Å². The van der Waals surface area contributed by atoms with E-state index in [2.05, 4.69) is 18.9 Å². The van der Waals surface area contributed by atoms with Crippen molar-refractivity contribution in [2.75, 3.05) is 32.8 Å². The Morgan fingerprint density at radius 1 is 1.14 bits per heavy atom. The first-order valence-corrected chi connectivity index (χ1v) is 10.8. The molecule has 0 spiro atoms. The minimum Gasteiger partial charge on any atom is -0.396 e. The van der Waals surface area contributed by atoms with Crippen molar-refractivity contribution in [1.82, 2.24) is 28.7 Å². The summed E-state index contributed by atoms with van der Waals surface area (Å²) in [7, 11) is 0. The number of aromatic nitrogens is 4. The summed E-state index contributed by atoms with van der Waals surface area (Å²) >= 11 is 1.03. The van der Waals surface area contributed by atoms with Gasteiger partial charge in [-0.3, -0.25) is 14.7 Å². The number of carbonyl (C=O) groups excluding carboxylic acids is 2. The highest BCUT2D eigenvalue weighted by Gasteiger charge is 2.55. The number of hydrogen-bond acceptors (Lipinski definition) is 7. The van der Waals surface area contributed by atoms with Crippen molar-refractivity contribution < 1.29 is 14.7 Å². The first-order chi connectivity index (χ1) is 14.0. The first kappa shape index (κ1) is 18.7. The SMILES string of the molecule is Cc1nsnc1C(=O)N1CC2CN(C(=O)c3n[nH]c4c3CCCC4)CC2(CO)C1. The van der Waals surface area contributed by atoms with E-state index in [1.54, 1.807) is 11.8 Å². The summed E-state index contributed by atoms with van der Waals surface area (Å²) in [4.78, 5) is 29.6. The zero-order valence-electron chi connectivity index (χ0n) is 16.3. The van der Waals surface area contributed by atoms with E-state index in [9.17, 15) is 14.7 Å². The van der Waals surface area contributed by atoms with Crippen molar-refractivity contribution in [2.45, 2.75) is 32.6 Å². The Kier molecular flexibility index (Phi) is 4.43. The number of nitrogens with zero attached hydrogens (tertiary/aromatic N) is 5. The molecule has 2 N–H and O–H groups in total. The van der Waals surface area contributed by atoms with Crippen LogP contribution in [-0.4, -0.2) is 78.5 Å². The van der Waals surface area contributed by atoms with E-state index in [0.29, 0.717) is 43.3 Å². The largest absolute Gasteiger partial charge is 0.396 e. The molecule has 9 nitrogen and oxygen atoms in total. The molecule has 0 radical (unpaired) electrons. The Hall–Kier alpha value is -2.33. The number of aromatic amines is 1. The lowest BCUT2D eigenvalue weighted by Gasteiger charge is -2.27. The fourth-order valence-corrected chi connectivity index (χ4v) is 5.64. The van der Waals surface area contributed by atoms with Crippen molar-refractivity contribution in [3.05, 3.63) is 28.3 Å². The number of aliphatic hydroxyl groups excluding tert-OH is 1. The van der Waals surface area contributed by atoms with Crippen LogP contribution in [0.2, 0.25) is 0 Å². The number of fused-ring (bicyclic) bond motifs is 2. The number of hydrogen-bond donors (Lipinski definition) is 2. The Morgan fingerprint density at radius 2 is 1.83 bits per heavy atom. The van der Waals surface area contributed by atoms with E-state index in [0.717, 1.165) is 48.7 Å². The maximum Gasteiger partial charge on any atom is 0.275 e. The summed E-state index contributed by atoms with van der Waals surface area (Å²) in [5.74, 6) is -0.163. The van der Waals surface area contributed by atoms with E-state index in [-0.39, 0.29) is 24.3 Å². The van der Waals surface area contributed by atoms with Gasteiger partial charge in [-0.25, -0.2) is 0 Å². The second kappa shape index (κ2) is 6.88. The number of nitrogens with one attached hydrogen (secondary N) is 1. The molecular weight excluding hydrogens is 392 g/mol. The Labute approximate surface area is 172 Å². The van der Waals surface area contributed by atoms with Gasteiger partial charge in [0.15, 0.2) is 11.4 Å². The van der Waals surface area contributed by atoms with Gasteiger partial charge in [-0.05, 0) is 32.6 Å². The minimum absolute atomic E-state index is 0.0436. The summed E-state index contributed by atoms with van der Waals surface area (Å²) in [6.07, 6.45) is 4.04. The van der Waals surface area contributed by atoms with Crippen LogP contribution < -0.4 is 0 Å². The standard InChI is InChI=1S/C19H24N6O3S/c1-11-15(23-29-22-11)17(27)24-6-12-7-25(9-19(12,8-24)10-26)18(28)16-13-4-2-3-5-14(13)20-21-16/h12,26H,2-10H2,1H3,(H,20,21). The maximum atomic E-state index is 13.2. The third-order valence-corrected chi connectivity index (χ3v) is 7.38. The van der Waals surface area contributed by atoms with Gasteiger partial charge in [0.2, 0.25) is 0 Å². The average molecular weight is 417 g/mol. The van der Waals surface area contributed by atoms with Gasteiger partial charge in [-0.1, -0.05) is 0 Å². The molecule has 154 valence electrons. The fraction of sp³-hybridized carbons (Fsp3) is 0.632. The number of rotatable bonds is 3. The van der Waals surface area contributed by atoms with Crippen LogP contribution in [0.5, 0.6) is 0 Å². The van der Waals surface area contributed by atoms with Gasteiger partial charge < -0.3 is 14.9 Å². The molecule has 1 aliphatic carbocycles. The third kappa shape index (κ3) is 2.88. The van der Waals surface area contributed by atoms with Crippen molar-refractivity contribution in [1.29, 1.82) is 0 Å². The molecule has 2 saturated heterocycles. The Bertz CT molecular complexity index is 971. The molecule has 2 fully saturated rings. The molecule has 29 heavy (non-hydrogen) atoms. The van der Waals surface area contributed by atoms with Crippen LogP contribution in [0.4, 0.5) is 0 Å². The van der Waals surface area contributed by atoms with Gasteiger partial charge in [0.25, 0.3) is 11.8 Å². The molecule has 4 heterocycles. The average Bonchev–Trinajstić information content (AvgIpc) is 3.48. The molecule has 2 unspecified atom stereocenters. The van der Waals surface area contributed by atoms with Crippen LogP contribution in [0, 0.1) is 18.3 Å². The molecule has 2 atom stereocenters. The number of H-pyrrole nitrogens is 1. The van der Waals surface area contributed by atoms with Crippen LogP contribution in [-0.2, 0) is 12.8 Å². The van der Waals surface area contributed by atoms with Gasteiger partial charge in [0.05, 0.1) is 24.0 Å². The van der Waals surface area contributed by atoms with Crippen LogP contribution in [0.3, 0.4) is 0 Å². The highest BCUT2D eigenvalue weighted by Crippen LogP contribution is 2.43. The van der Waals surface area contributed by atoms with Crippen LogP contribution in [0.25, 0.3) is 0 Å². The Balaban J connectivity index is 1.33. The number of aliphatic hydroxyl groups is 1. The maximum absolute atomic E-state index is 13.2. The summed E-state index contributed by atoms with van der Waals surface area (Å²) < 4.78 is 8.21. The summed E-state index contributed by atoms with van der Waals surface area (Å²) in [6, 6.07) is 0. The highest BCUT2D eigenvalue weighted by atomic mass is 32.1. The second-order valence-electron chi connectivity index (χ2n) is 8.52. The molecular formula is C19H24N6O3S. The smallest absolute Gasteiger partial charge is 0.275 e. The zero-order chi connectivity index (χ0) is 20.2. The lowest BCUT2D eigenvalue weighted by atomic mass is 9.82. The quantitative estimate of drug-likeness (QED) is 0.759. The van der Waals surface area contributed by atoms with E-state index >= 15 is 0 Å². The zero-order valence-corrected chi connectivity index (χ0v) is 17.2. The molecule has 2 amide bonds. The number of carbonyl (C=O) groups is 2. The summed E-state index contributed by atoms with van der Waals surface area (Å²) in [6.45, 7) is 3.62. The van der Waals surface area contributed by atoms with Crippen LogP contribution in [0.15, 0.2) is 0 Å². The lowest BCUT2D eigenvalue weighted by molar-refractivity contribution is 0.0660. The predicted molar refractivity (Wildman–Crippen MR) is 105 cm³/mol. The molecule has 2 aromatic heterocycles. The van der Waals surface area contributed by atoms with E-state index in [1.807, 2.05) is 4.90 Å². The van der Waals surface area contributed by atoms with Gasteiger partial charge in [0, 0.05) is 48.8 Å². The van der Waals surface area contributed by atoms with E-state index in [1.165, 1.54) is 0 Å². The summed E-state index contributed by atoms with van der Waals surface area (Å²) in [5.41, 5.74) is 3.21. The highest BCUT2D eigenvalue weighted by molar-refractivity contribution is 6.99. The number of likely N-dealkylation sites (tertiary alicyclic amines) is 2. The monoisotopic (exact) mass is 416 g/mol. The predicted octanol–water partition coefficient (Wildman–Crippen LogP) is 0.655. The molecule has 2 aromatic rings. The third-order valence-electron chi connectivity index (χ3n) is 6.76. The van der Waals surface area contributed by atoms with Gasteiger partial charge in [0.1, 0.15) is 0 Å². The molecule has 5 rings (SSSR count). The molecule has 3 aliphatic rings. The van der Waals surface area contributed by atoms with Gasteiger partial charge >= 0.3 is 0 Å². The minimum atomic E-state index is -0.487. The van der Waals surface area contributed by atoms with Crippen molar-refractivity contribution in [3.8, 4) is 0 Å². The van der Waals surface area contributed by atoms with E-state index in [4.69, 9.17) is 0 Å². The van der Waals surface area contributed by atoms with Crippen molar-refractivity contribution >= 4 is 23.5 Å². The lowest BCUT2D eigenvalue weighted by Crippen LogP contribution is -2.41. The summed E-state index contributed by atoms with van der Waals surface area (Å²) in [5, 5.41) is 17.6. The Morgan fingerprint density at radius 3 is 2.45 bits per heavy atom. The molecule has 0 saturated carbocycles.